The highest BCUT2D eigenvalue weighted by Crippen LogP contribution is 2.30. The van der Waals surface area contributed by atoms with E-state index in [2.05, 4.69) is 5.32 Å². The normalized spacial score (nSPS) is 11.8. The number of rotatable bonds is 14. The Morgan fingerprint density at radius 1 is 0.891 bits per heavy atom. The van der Waals surface area contributed by atoms with Crippen LogP contribution in [0.4, 0.5) is 11.4 Å². The van der Waals surface area contributed by atoms with Crippen molar-refractivity contribution in [1.29, 1.82) is 0 Å². The molecule has 1 atom stereocenters. The summed E-state index contributed by atoms with van der Waals surface area (Å²) in [5.41, 5.74) is 0.666. The van der Waals surface area contributed by atoms with Crippen molar-refractivity contribution in [2.24, 2.45) is 0 Å². The van der Waals surface area contributed by atoms with E-state index in [0.717, 1.165) is 15.9 Å². The molecular weight excluding hydrogens is 651 g/mol. The lowest BCUT2D eigenvalue weighted by Crippen LogP contribution is -2.53. The molecule has 13 heteroatoms. The molecule has 1 unspecified atom stereocenters. The number of hydrogen-bond acceptors (Lipinski definition) is 6. The van der Waals surface area contributed by atoms with Crippen LogP contribution < -0.4 is 9.62 Å². The Morgan fingerprint density at radius 2 is 1.50 bits per heavy atom. The van der Waals surface area contributed by atoms with Gasteiger partial charge in [0.25, 0.3) is 15.7 Å². The van der Waals surface area contributed by atoms with Gasteiger partial charge in [0.05, 0.1) is 15.5 Å². The van der Waals surface area contributed by atoms with E-state index in [0.29, 0.717) is 18.5 Å². The van der Waals surface area contributed by atoms with Crippen LogP contribution in [-0.2, 0) is 32.6 Å². The SMILES string of the molecule is CCCNC(=O)C(Cc1ccccc1)N(Cc1c(Cl)cccc1Cl)C(=O)CN(c1cccc([N+](=O)[O-])c1)S(=O)(=O)c1ccccc1. The third-order valence-corrected chi connectivity index (χ3v) is 9.65. The number of benzene rings is 4. The van der Waals surface area contributed by atoms with E-state index in [9.17, 15) is 28.1 Å². The van der Waals surface area contributed by atoms with Crippen molar-refractivity contribution >= 4 is 56.4 Å². The van der Waals surface area contributed by atoms with Crippen LogP contribution in [-0.4, -0.2) is 49.2 Å². The maximum atomic E-state index is 14.5. The van der Waals surface area contributed by atoms with Gasteiger partial charge in [-0.15, -0.1) is 0 Å². The molecule has 4 aromatic rings. The van der Waals surface area contributed by atoms with Crippen LogP contribution in [0.3, 0.4) is 0 Å². The van der Waals surface area contributed by atoms with Crippen molar-refractivity contribution in [3.63, 3.8) is 0 Å². The summed E-state index contributed by atoms with van der Waals surface area (Å²) in [5, 5.41) is 15.0. The lowest BCUT2D eigenvalue weighted by atomic mass is 10.0. The fourth-order valence-corrected chi connectivity index (χ4v) is 6.73. The van der Waals surface area contributed by atoms with Crippen molar-refractivity contribution in [3.8, 4) is 0 Å². The van der Waals surface area contributed by atoms with Crippen molar-refractivity contribution in [2.45, 2.75) is 37.2 Å². The van der Waals surface area contributed by atoms with Gasteiger partial charge in [-0.3, -0.25) is 24.0 Å². The summed E-state index contributed by atoms with van der Waals surface area (Å²) in [7, 11) is -4.42. The minimum atomic E-state index is -4.42. The van der Waals surface area contributed by atoms with Crippen LogP contribution >= 0.6 is 23.2 Å². The number of carbonyl (C=O) groups is 2. The van der Waals surface area contributed by atoms with Gasteiger partial charge in [0, 0.05) is 47.3 Å². The fraction of sp³-hybridized carbons (Fsp3) is 0.212. The Balaban J connectivity index is 1.85. The summed E-state index contributed by atoms with van der Waals surface area (Å²) in [5.74, 6) is -1.20. The lowest BCUT2D eigenvalue weighted by Gasteiger charge is -2.34. The molecular formula is C33H32Cl2N4O6S. The van der Waals surface area contributed by atoms with Crippen molar-refractivity contribution < 1.29 is 22.9 Å². The zero-order valence-electron chi connectivity index (χ0n) is 24.9. The van der Waals surface area contributed by atoms with E-state index in [-0.39, 0.29) is 39.3 Å². The monoisotopic (exact) mass is 682 g/mol. The molecule has 0 saturated carbocycles. The quantitative estimate of drug-likeness (QED) is 0.123. The number of anilines is 1. The number of non-ortho nitro benzene ring substituents is 1. The molecule has 0 bridgehead atoms. The van der Waals surface area contributed by atoms with Crippen molar-refractivity contribution in [2.75, 3.05) is 17.4 Å². The van der Waals surface area contributed by atoms with Crippen molar-refractivity contribution in [1.82, 2.24) is 10.2 Å². The van der Waals surface area contributed by atoms with Gasteiger partial charge in [0.2, 0.25) is 11.8 Å². The fourth-order valence-electron chi connectivity index (χ4n) is 4.78. The molecule has 0 heterocycles. The molecule has 46 heavy (non-hydrogen) atoms. The van der Waals surface area contributed by atoms with Crippen LogP contribution in [0.15, 0.2) is 108 Å². The van der Waals surface area contributed by atoms with E-state index in [1.54, 1.807) is 24.3 Å². The number of nitro groups is 1. The van der Waals surface area contributed by atoms with Crippen LogP contribution in [0.25, 0.3) is 0 Å². The molecule has 10 nitrogen and oxygen atoms in total. The van der Waals surface area contributed by atoms with Gasteiger partial charge >= 0.3 is 0 Å². The number of nitrogens with zero attached hydrogens (tertiary/aromatic N) is 3. The highest BCUT2D eigenvalue weighted by atomic mass is 35.5. The molecule has 0 radical (unpaired) electrons. The van der Waals surface area contributed by atoms with Gasteiger partial charge in [-0.25, -0.2) is 8.42 Å². The van der Waals surface area contributed by atoms with Gasteiger partial charge in [-0.2, -0.15) is 0 Å². The summed E-state index contributed by atoms with van der Waals surface area (Å²) in [6.07, 6.45) is 0.746. The highest BCUT2D eigenvalue weighted by Gasteiger charge is 2.35. The molecule has 0 aliphatic heterocycles. The maximum Gasteiger partial charge on any atom is 0.271 e. The number of sulfonamides is 1. The molecule has 240 valence electrons. The summed E-state index contributed by atoms with van der Waals surface area (Å²) in [4.78, 5) is 40.3. The number of amides is 2. The number of nitrogens with one attached hydrogen (secondary N) is 1. The first-order valence-corrected chi connectivity index (χ1v) is 16.6. The van der Waals surface area contributed by atoms with Gasteiger partial charge in [-0.05, 0) is 42.3 Å². The molecule has 4 aromatic carbocycles. The summed E-state index contributed by atoms with van der Waals surface area (Å²) in [6.45, 7) is 1.24. The maximum absolute atomic E-state index is 14.5. The number of halogens is 2. The Morgan fingerprint density at radius 3 is 2.11 bits per heavy atom. The number of carbonyl (C=O) groups excluding carboxylic acids is 2. The molecule has 0 spiro atoms. The molecule has 0 aliphatic carbocycles. The van der Waals surface area contributed by atoms with Crippen molar-refractivity contribution in [3.05, 3.63) is 134 Å². The van der Waals surface area contributed by atoms with Crippen LogP contribution in [0.2, 0.25) is 10.0 Å². The van der Waals surface area contributed by atoms with E-state index in [4.69, 9.17) is 23.2 Å². The summed E-state index contributed by atoms with van der Waals surface area (Å²) < 4.78 is 28.9. The average molecular weight is 684 g/mol. The second kappa shape index (κ2) is 15.7. The topological polar surface area (TPSA) is 130 Å². The molecule has 0 saturated heterocycles. The van der Waals surface area contributed by atoms with Crippen LogP contribution in [0.5, 0.6) is 0 Å². The molecule has 4 rings (SSSR count). The molecule has 1 N–H and O–H groups in total. The largest absolute Gasteiger partial charge is 0.354 e. The zero-order valence-corrected chi connectivity index (χ0v) is 27.2. The second-order valence-electron chi connectivity index (χ2n) is 10.3. The number of nitro benzene ring substituents is 1. The summed E-state index contributed by atoms with van der Waals surface area (Å²) >= 11 is 13.0. The van der Waals surface area contributed by atoms with E-state index in [1.807, 2.05) is 37.3 Å². The first-order chi connectivity index (χ1) is 22.0. The predicted octanol–water partition coefficient (Wildman–Crippen LogP) is 6.26. The Bertz CT molecular complexity index is 1770. The Labute approximate surface area is 277 Å². The van der Waals surface area contributed by atoms with Gasteiger partial charge in [-0.1, -0.05) is 90.8 Å². The first-order valence-electron chi connectivity index (χ1n) is 14.4. The number of hydrogen-bond donors (Lipinski definition) is 1. The minimum Gasteiger partial charge on any atom is -0.354 e. The van der Waals surface area contributed by atoms with Crippen LogP contribution in [0, 0.1) is 10.1 Å². The molecule has 0 aliphatic rings. The molecule has 0 aromatic heterocycles. The second-order valence-corrected chi connectivity index (χ2v) is 13.0. The third-order valence-electron chi connectivity index (χ3n) is 7.15. The van der Waals surface area contributed by atoms with Gasteiger partial charge < -0.3 is 10.2 Å². The summed E-state index contributed by atoms with van der Waals surface area (Å²) in [6, 6.07) is 25.3. The highest BCUT2D eigenvalue weighted by molar-refractivity contribution is 7.92. The van der Waals surface area contributed by atoms with E-state index < -0.39 is 39.3 Å². The Kier molecular flexibility index (Phi) is 11.8. The van der Waals surface area contributed by atoms with E-state index >= 15 is 0 Å². The molecule has 2 amide bonds. The van der Waals surface area contributed by atoms with E-state index in [1.165, 1.54) is 47.4 Å². The third kappa shape index (κ3) is 8.42. The zero-order chi connectivity index (χ0) is 33.3. The Hall–Kier alpha value is -4.45. The van der Waals surface area contributed by atoms with Crippen LogP contribution in [0.1, 0.15) is 24.5 Å². The smallest absolute Gasteiger partial charge is 0.271 e. The average Bonchev–Trinajstić information content (AvgIpc) is 3.06. The van der Waals surface area contributed by atoms with Gasteiger partial charge in [0.15, 0.2) is 0 Å². The molecule has 0 fully saturated rings. The lowest BCUT2D eigenvalue weighted by molar-refractivity contribution is -0.384. The van der Waals surface area contributed by atoms with Gasteiger partial charge in [0.1, 0.15) is 12.6 Å². The first kappa shape index (κ1) is 34.4. The minimum absolute atomic E-state index is 0.0998. The predicted molar refractivity (Wildman–Crippen MR) is 178 cm³/mol. The standard InChI is InChI=1S/C33H32Cl2N4O6S/c1-2-19-36-33(41)31(20-24-11-5-3-6-12-24)37(22-28-29(34)17-10-18-30(28)35)32(40)23-38(25-13-9-14-26(21-25)39(42)43)46(44,45)27-15-7-4-8-16-27/h3-18,21,31H,2,19-20,22-23H2,1H3,(H,36,41).